The number of aromatic nitrogens is 1. The number of allylic oxidation sites excluding steroid dienone is 1. The number of benzene rings is 1. The molecule has 122 valence electrons. The quantitative estimate of drug-likeness (QED) is 0.467. The van der Waals surface area contributed by atoms with Crippen LogP contribution in [0, 0.1) is 18.8 Å². The van der Waals surface area contributed by atoms with Crippen LogP contribution in [-0.2, 0) is 4.79 Å². The van der Waals surface area contributed by atoms with Crippen LogP contribution >= 0.6 is 0 Å². The minimum atomic E-state index is 0.195. The molecule has 0 aliphatic heterocycles. The first-order valence-corrected chi connectivity index (χ1v) is 7.91. The van der Waals surface area contributed by atoms with Gasteiger partial charge in [-0.2, -0.15) is 0 Å². The SMILES string of the molecule is CC#Cc1c(-c2ccccc2OC(C)=C=O)cc(C(C)C)nc1C. The van der Waals surface area contributed by atoms with E-state index < -0.39 is 0 Å². The molecule has 2 aromatic rings. The monoisotopic (exact) mass is 319 g/mol. The zero-order valence-electron chi connectivity index (χ0n) is 14.7. The molecule has 0 amide bonds. The largest absolute Gasteiger partial charge is 0.450 e. The van der Waals surface area contributed by atoms with E-state index >= 15 is 0 Å². The molecule has 1 aromatic carbocycles. The van der Waals surface area contributed by atoms with Crippen molar-refractivity contribution in [3.63, 3.8) is 0 Å². The molecule has 0 N–H and O–H groups in total. The maximum atomic E-state index is 10.8. The van der Waals surface area contributed by atoms with Gasteiger partial charge in [-0.05, 0) is 31.9 Å². The summed E-state index contributed by atoms with van der Waals surface area (Å²) < 4.78 is 5.65. The van der Waals surface area contributed by atoms with Crippen LogP contribution in [0.1, 0.15) is 50.6 Å². The molecule has 3 heteroatoms. The number of hydrogen-bond donors (Lipinski definition) is 0. The highest BCUT2D eigenvalue weighted by Crippen LogP contribution is 2.35. The number of carbonyl (C=O) groups excluding carboxylic acids is 1. The minimum absolute atomic E-state index is 0.195. The van der Waals surface area contributed by atoms with Crippen LogP contribution < -0.4 is 4.74 Å². The molecule has 3 nitrogen and oxygen atoms in total. The van der Waals surface area contributed by atoms with E-state index in [1.165, 1.54) is 0 Å². The topological polar surface area (TPSA) is 39.2 Å². The Balaban J connectivity index is 2.75. The van der Waals surface area contributed by atoms with Crippen LogP contribution in [-0.4, -0.2) is 10.9 Å². The maximum absolute atomic E-state index is 10.8. The average Bonchev–Trinajstić information content (AvgIpc) is 2.57. The maximum Gasteiger partial charge on any atom is 0.184 e. The summed E-state index contributed by atoms with van der Waals surface area (Å²) in [4.78, 5) is 15.5. The highest BCUT2D eigenvalue weighted by Gasteiger charge is 2.16. The van der Waals surface area contributed by atoms with E-state index in [-0.39, 0.29) is 5.76 Å². The second-order valence-electron chi connectivity index (χ2n) is 5.84. The lowest BCUT2D eigenvalue weighted by atomic mass is 9.95. The third-order valence-electron chi connectivity index (χ3n) is 3.65. The summed E-state index contributed by atoms with van der Waals surface area (Å²) in [6, 6.07) is 9.67. The third-order valence-corrected chi connectivity index (χ3v) is 3.65. The molecular formula is C21H21NO2. The molecule has 0 radical (unpaired) electrons. The number of nitrogens with zero attached hydrogens (tertiary/aromatic N) is 1. The molecule has 0 unspecified atom stereocenters. The Hall–Kier alpha value is -2.82. The predicted octanol–water partition coefficient (Wildman–Crippen LogP) is 4.67. The molecule has 0 spiro atoms. The van der Waals surface area contributed by atoms with Gasteiger partial charge in [-0.25, -0.2) is 4.79 Å². The Bertz CT molecular complexity index is 863. The van der Waals surface area contributed by atoms with Crippen molar-refractivity contribution < 1.29 is 9.53 Å². The van der Waals surface area contributed by atoms with E-state index in [9.17, 15) is 4.79 Å². The summed E-state index contributed by atoms with van der Waals surface area (Å²) in [7, 11) is 0. The molecule has 24 heavy (non-hydrogen) atoms. The van der Waals surface area contributed by atoms with Crippen LogP contribution in [0.5, 0.6) is 5.75 Å². The first-order valence-electron chi connectivity index (χ1n) is 7.91. The number of para-hydroxylation sites is 1. The summed E-state index contributed by atoms with van der Waals surface area (Å²) in [5.74, 6) is 8.99. The second-order valence-corrected chi connectivity index (χ2v) is 5.84. The average molecular weight is 319 g/mol. The Labute approximate surface area is 143 Å². The molecule has 0 saturated carbocycles. The summed E-state index contributed by atoms with van der Waals surface area (Å²) in [5.41, 5.74) is 4.63. The van der Waals surface area contributed by atoms with Gasteiger partial charge in [0.15, 0.2) is 11.7 Å². The van der Waals surface area contributed by atoms with Crippen LogP contribution in [0.2, 0.25) is 0 Å². The molecule has 1 heterocycles. The van der Waals surface area contributed by atoms with Gasteiger partial charge in [0, 0.05) is 23.7 Å². The summed E-state index contributed by atoms with van der Waals surface area (Å²) in [6.45, 7) is 9.58. The lowest BCUT2D eigenvalue weighted by molar-refractivity contribution is 0.428. The lowest BCUT2D eigenvalue weighted by Crippen LogP contribution is -2.02. The van der Waals surface area contributed by atoms with Gasteiger partial charge in [0.05, 0.1) is 11.3 Å². The van der Waals surface area contributed by atoms with Crippen molar-refractivity contribution in [1.29, 1.82) is 0 Å². The van der Waals surface area contributed by atoms with Crippen molar-refractivity contribution in [3.05, 3.63) is 53.0 Å². The fraction of sp³-hybridized carbons (Fsp3) is 0.286. The van der Waals surface area contributed by atoms with Crippen LogP contribution in [0.25, 0.3) is 11.1 Å². The van der Waals surface area contributed by atoms with Crippen LogP contribution in [0.4, 0.5) is 0 Å². The molecule has 0 aliphatic rings. The van der Waals surface area contributed by atoms with E-state index in [1.54, 1.807) is 19.8 Å². The van der Waals surface area contributed by atoms with E-state index in [2.05, 4.69) is 36.7 Å². The van der Waals surface area contributed by atoms with Gasteiger partial charge in [0.1, 0.15) is 5.75 Å². The zero-order chi connectivity index (χ0) is 17.7. The normalized spacial score (nSPS) is 9.92. The second kappa shape index (κ2) is 7.64. The fourth-order valence-electron chi connectivity index (χ4n) is 2.45. The van der Waals surface area contributed by atoms with Crippen molar-refractivity contribution in [2.24, 2.45) is 0 Å². The van der Waals surface area contributed by atoms with Crippen molar-refractivity contribution >= 4 is 5.94 Å². The van der Waals surface area contributed by atoms with E-state index in [4.69, 9.17) is 4.74 Å². The first kappa shape index (κ1) is 17.5. The first-order chi connectivity index (χ1) is 11.5. The molecule has 1 aromatic heterocycles. The highest BCUT2D eigenvalue weighted by molar-refractivity contribution is 5.77. The van der Waals surface area contributed by atoms with Gasteiger partial charge in [-0.1, -0.05) is 38.0 Å². The van der Waals surface area contributed by atoms with Gasteiger partial charge in [-0.15, -0.1) is 5.92 Å². The van der Waals surface area contributed by atoms with E-state index in [1.807, 2.05) is 31.2 Å². The Morgan fingerprint density at radius 3 is 2.54 bits per heavy atom. The highest BCUT2D eigenvalue weighted by atomic mass is 16.5. The van der Waals surface area contributed by atoms with Crippen LogP contribution in [0.3, 0.4) is 0 Å². The Morgan fingerprint density at radius 1 is 1.21 bits per heavy atom. The van der Waals surface area contributed by atoms with Gasteiger partial charge in [0.2, 0.25) is 0 Å². The predicted molar refractivity (Wildman–Crippen MR) is 96.6 cm³/mol. The molecule has 0 aliphatic carbocycles. The number of hydrogen-bond acceptors (Lipinski definition) is 3. The molecule has 2 rings (SSSR count). The number of ether oxygens (including phenoxy) is 1. The summed E-state index contributed by atoms with van der Waals surface area (Å²) in [5, 5.41) is 0. The van der Waals surface area contributed by atoms with Crippen molar-refractivity contribution in [1.82, 2.24) is 4.98 Å². The zero-order valence-corrected chi connectivity index (χ0v) is 14.7. The number of rotatable bonds is 4. The molecular weight excluding hydrogens is 298 g/mol. The van der Waals surface area contributed by atoms with Gasteiger partial charge in [-0.3, -0.25) is 4.98 Å². The fourth-order valence-corrected chi connectivity index (χ4v) is 2.45. The van der Waals surface area contributed by atoms with Gasteiger partial charge >= 0.3 is 0 Å². The Morgan fingerprint density at radius 2 is 1.92 bits per heavy atom. The Kier molecular flexibility index (Phi) is 5.58. The summed E-state index contributed by atoms with van der Waals surface area (Å²) in [6.07, 6.45) is 0. The van der Waals surface area contributed by atoms with E-state index in [0.29, 0.717) is 11.7 Å². The van der Waals surface area contributed by atoms with Crippen molar-refractivity contribution in [2.75, 3.05) is 0 Å². The molecule has 0 bridgehead atoms. The lowest BCUT2D eigenvalue weighted by Gasteiger charge is -2.15. The standard InChI is InChI=1S/C21H21NO2/c1-6-9-17-16(5)22-20(14(2)3)12-19(17)18-10-7-8-11-21(18)24-15(4)13-23/h7-8,10-12,14H,1-5H3. The van der Waals surface area contributed by atoms with Crippen molar-refractivity contribution in [2.45, 2.75) is 40.5 Å². The smallest absolute Gasteiger partial charge is 0.184 e. The van der Waals surface area contributed by atoms with E-state index in [0.717, 1.165) is 28.1 Å². The third kappa shape index (κ3) is 3.74. The van der Waals surface area contributed by atoms with Crippen LogP contribution in [0.15, 0.2) is 36.1 Å². The summed E-state index contributed by atoms with van der Waals surface area (Å²) >= 11 is 0. The minimum Gasteiger partial charge on any atom is -0.450 e. The van der Waals surface area contributed by atoms with Gasteiger partial charge < -0.3 is 4.74 Å². The van der Waals surface area contributed by atoms with Gasteiger partial charge in [0.25, 0.3) is 0 Å². The molecule has 0 atom stereocenters. The van der Waals surface area contributed by atoms with Crippen molar-refractivity contribution in [3.8, 4) is 28.7 Å². The number of pyridine rings is 1. The molecule has 0 fully saturated rings. The number of aryl methyl sites for hydroxylation is 1. The molecule has 0 saturated heterocycles.